The van der Waals surface area contributed by atoms with Crippen molar-refractivity contribution in [3.8, 4) is 0 Å². The molecule has 1 aliphatic heterocycles. The molecule has 0 bridgehead atoms. The molecule has 1 saturated heterocycles. The predicted octanol–water partition coefficient (Wildman–Crippen LogP) is -0.274. The standard InChI is InChI=1S/C11H14N4O3/c12-10(14-18)8-4-2-6-15(8)11(17)7-3-1-5-9(16)13-7/h1,3,5,8,18H,2,4,6H2,(H2,12,14)(H,13,16). The molecule has 1 aromatic heterocycles. The Hall–Kier alpha value is -2.31. The van der Waals surface area contributed by atoms with Crippen LogP contribution in [0.4, 0.5) is 0 Å². The minimum absolute atomic E-state index is 0.0131. The van der Waals surface area contributed by atoms with Crippen LogP contribution in [0.15, 0.2) is 28.1 Å². The number of oxime groups is 1. The molecule has 1 aliphatic rings. The summed E-state index contributed by atoms with van der Waals surface area (Å²) in [6.45, 7) is 0.524. The fourth-order valence-electron chi connectivity index (χ4n) is 2.11. The molecule has 0 aliphatic carbocycles. The van der Waals surface area contributed by atoms with Gasteiger partial charge in [-0.1, -0.05) is 11.2 Å². The summed E-state index contributed by atoms with van der Waals surface area (Å²) in [7, 11) is 0. The van der Waals surface area contributed by atoms with Crippen molar-refractivity contribution in [3.63, 3.8) is 0 Å². The van der Waals surface area contributed by atoms with Crippen molar-refractivity contribution in [3.05, 3.63) is 34.2 Å². The second-order valence-corrected chi connectivity index (χ2v) is 4.11. The molecule has 2 rings (SSSR count). The molecule has 18 heavy (non-hydrogen) atoms. The number of amides is 1. The average Bonchev–Trinajstić information content (AvgIpc) is 2.86. The van der Waals surface area contributed by atoms with E-state index in [1.54, 1.807) is 0 Å². The van der Waals surface area contributed by atoms with Gasteiger partial charge in [0.15, 0.2) is 5.84 Å². The number of carbonyl (C=O) groups is 1. The van der Waals surface area contributed by atoms with Crippen LogP contribution in [0.1, 0.15) is 23.3 Å². The molecule has 1 aromatic rings. The van der Waals surface area contributed by atoms with Crippen LogP contribution in [-0.2, 0) is 0 Å². The van der Waals surface area contributed by atoms with Gasteiger partial charge in [-0.15, -0.1) is 0 Å². The zero-order valence-electron chi connectivity index (χ0n) is 9.67. The van der Waals surface area contributed by atoms with Crippen LogP contribution in [0.2, 0.25) is 0 Å². The Morgan fingerprint density at radius 1 is 1.56 bits per heavy atom. The minimum atomic E-state index is -0.411. The molecule has 1 unspecified atom stereocenters. The molecule has 7 nitrogen and oxygen atoms in total. The van der Waals surface area contributed by atoms with E-state index in [2.05, 4.69) is 10.1 Å². The SMILES string of the molecule is N/C(=N/O)C1CCCN1C(=O)c1cccc(=O)[nH]1. The van der Waals surface area contributed by atoms with Gasteiger partial charge >= 0.3 is 0 Å². The summed E-state index contributed by atoms with van der Waals surface area (Å²) in [6, 6.07) is 3.97. The first-order valence-corrected chi connectivity index (χ1v) is 5.61. The van der Waals surface area contributed by atoms with E-state index in [-0.39, 0.29) is 23.0 Å². The lowest BCUT2D eigenvalue weighted by Crippen LogP contribution is -2.44. The summed E-state index contributed by atoms with van der Waals surface area (Å²) in [5.74, 6) is -0.305. The van der Waals surface area contributed by atoms with Gasteiger partial charge in [-0.05, 0) is 18.9 Å². The third kappa shape index (κ3) is 2.20. The second-order valence-electron chi connectivity index (χ2n) is 4.11. The number of nitrogens with one attached hydrogen (secondary N) is 1. The van der Waals surface area contributed by atoms with Crippen molar-refractivity contribution in [2.24, 2.45) is 10.9 Å². The lowest BCUT2D eigenvalue weighted by atomic mass is 10.2. The Balaban J connectivity index is 2.26. The highest BCUT2D eigenvalue weighted by Crippen LogP contribution is 2.19. The second kappa shape index (κ2) is 4.91. The maximum absolute atomic E-state index is 12.2. The highest BCUT2D eigenvalue weighted by Gasteiger charge is 2.32. The number of aromatic nitrogens is 1. The summed E-state index contributed by atoms with van der Waals surface area (Å²) in [5, 5.41) is 11.6. The number of pyridine rings is 1. The Morgan fingerprint density at radius 2 is 2.33 bits per heavy atom. The number of nitrogens with two attached hydrogens (primary N) is 1. The highest BCUT2D eigenvalue weighted by molar-refractivity contribution is 5.97. The third-order valence-electron chi connectivity index (χ3n) is 2.97. The Morgan fingerprint density at radius 3 is 3.00 bits per heavy atom. The molecule has 4 N–H and O–H groups in total. The summed E-state index contributed by atoms with van der Waals surface area (Å²) in [4.78, 5) is 27.3. The number of hydrogen-bond acceptors (Lipinski definition) is 4. The molecular weight excluding hydrogens is 236 g/mol. The van der Waals surface area contributed by atoms with E-state index in [1.807, 2.05) is 0 Å². The summed E-state index contributed by atoms with van der Waals surface area (Å²) < 4.78 is 0. The third-order valence-corrected chi connectivity index (χ3v) is 2.97. The zero-order valence-corrected chi connectivity index (χ0v) is 9.67. The lowest BCUT2D eigenvalue weighted by molar-refractivity contribution is 0.0761. The topological polar surface area (TPSA) is 112 Å². The van der Waals surface area contributed by atoms with Gasteiger partial charge in [0.05, 0.1) is 6.04 Å². The van der Waals surface area contributed by atoms with Gasteiger partial charge in [0.25, 0.3) is 5.91 Å². The number of likely N-dealkylation sites (tertiary alicyclic amines) is 1. The van der Waals surface area contributed by atoms with E-state index in [0.717, 1.165) is 6.42 Å². The van der Waals surface area contributed by atoms with Crippen molar-refractivity contribution in [2.45, 2.75) is 18.9 Å². The van der Waals surface area contributed by atoms with Gasteiger partial charge in [-0.2, -0.15) is 0 Å². The van der Waals surface area contributed by atoms with Crippen molar-refractivity contribution >= 4 is 11.7 Å². The molecule has 0 saturated carbocycles. The number of rotatable bonds is 2. The van der Waals surface area contributed by atoms with E-state index in [4.69, 9.17) is 10.9 Å². The highest BCUT2D eigenvalue weighted by atomic mass is 16.4. The zero-order chi connectivity index (χ0) is 13.1. The first-order chi connectivity index (χ1) is 8.63. The van der Waals surface area contributed by atoms with Crippen molar-refractivity contribution in [1.29, 1.82) is 0 Å². The number of carbonyl (C=O) groups excluding carboxylic acids is 1. The van der Waals surface area contributed by atoms with Gasteiger partial charge in [-0.25, -0.2) is 0 Å². The Bertz CT molecular complexity index is 537. The van der Waals surface area contributed by atoms with Crippen LogP contribution < -0.4 is 11.3 Å². The van der Waals surface area contributed by atoms with E-state index < -0.39 is 6.04 Å². The maximum atomic E-state index is 12.2. The van der Waals surface area contributed by atoms with Crippen molar-refractivity contribution in [1.82, 2.24) is 9.88 Å². The van der Waals surface area contributed by atoms with Gasteiger partial charge in [0.2, 0.25) is 5.56 Å². The maximum Gasteiger partial charge on any atom is 0.270 e. The Labute approximate surface area is 103 Å². The minimum Gasteiger partial charge on any atom is -0.409 e. The number of aromatic amines is 1. The van der Waals surface area contributed by atoms with Crippen LogP contribution in [0.25, 0.3) is 0 Å². The largest absolute Gasteiger partial charge is 0.409 e. The molecule has 1 fully saturated rings. The molecule has 0 aromatic carbocycles. The normalized spacial score (nSPS) is 20.1. The molecule has 0 radical (unpaired) electrons. The van der Waals surface area contributed by atoms with Gasteiger partial charge in [0, 0.05) is 12.6 Å². The molecule has 7 heteroatoms. The molecule has 1 atom stereocenters. The van der Waals surface area contributed by atoms with Crippen LogP contribution in [-0.4, -0.2) is 39.4 Å². The number of hydrogen-bond donors (Lipinski definition) is 3. The van der Waals surface area contributed by atoms with E-state index in [0.29, 0.717) is 13.0 Å². The quantitative estimate of drug-likeness (QED) is 0.290. The van der Waals surface area contributed by atoms with E-state index in [1.165, 1.54) is 23.1 Å². The van der Waals surface area contributed by atoms with Gasteiger partial charge in [0.1, 0.15) is 5.69 Å². The van der Waals surface area contributed by atoms with Crippen molar-refractivity contribution < 1.29 is 10.0 Å². The van der Waals surface area contributed by atoms with Crippen LogP contribution in [0.3, 0.4) is 0 Å². The number of nitrogens with zero attached hydrogens (tertiary/aromatic N) is 2. The fourth-order valence-corrected chi connectivity index (χ4v) is 2.11. The van der Waals surface area contributed by atoms with Crippen LogP contribution in [0.5, 0.6) is 0 Å². The first-order valence-electron chi connectivity index (χ1n) is 5.61. The predicted molar refractivity (Wildman–Crippen MR) is 64.5 cm³/mol. The smallest absolute Gasteiger partial charge is 0.270 e. The molecule has 1 amide bonds. The van der Waals surface area contributed by atoms with Gasteiger partial charge in [-0.3, -0.25) is 9.59 Å². The molecule has 0 spiro atoms. The average molecular weight is 250 g/mol. The number of H-pyrrole nitrogens is 1. The van der Waals surface area contributed by atoms with Gasteiger partial charge < -0.3 is 20.8 Å². The first kappa shape index (κ1) is 12.2. The Kier molecular flexibility index (Phi) is 3.31. The summed E-state index contributed by atoms with van der Waals surface area (Å²) >= 11 is 0. The fraction of sp³-hybridized carbons (Fsp3) is 0.364. The van der Waals surface area contributed by atoms with Crippen LogP contribution >= 0.6 is 0 Å². The van der Waals surface area contributed by atoms with E-state index >= 15 is 0 Å². The monoisotopic (exact) mass is 250 g/mol. The summed E-state index contributed by atoms with van der Waals surface area (Å²) in [5.41, 5.74) is 5.42. The van der Waals surface area contributed by atoms with E-state index in [9.17, 15) is 9.59 Å². The number of amidine groups is 1. The van der Waals surface area contributed by atoms with Crippen LogP contribution in [0, 0.1) is 0 Å². The summed E-state index contributed by atoms with van der Waals surface area (Å²) in [6.07, 6.45) is 1.43. The molecular formula is C11H14N4O3. The lowest BCUT2D eigenvalue weighted by Gasteiger charge is -2.23. The molecule has 2 heterocycles. The molecule has 96 valence electrons. The van der Waals surface area contributed by atoms with Crippen molar-refractivity contribution in [2.75, 3.05) is 6.54 Å².